The van der Waals surface area contributed by atoms with Crippen molar-refractivity contribution >= 4 is 18.3 Å². The van der Waals surface area contributed by atoms with Crippen molar-refractivity contribution in [1.82, 2.24) is 20.8 Å². The molecule has 14 heavy (non-hydrogen) atoms. The highest BCUT2D eigenvalue weighted by molar-refractivity contribution is 5.82. The van der Waals surface area contributed by atoms with E-state index in [0.29, 0.717) is 11.0 Å². The van der Waals surface area contributed by atoms with E-state index in [2.05, 4.69) is 34.0 Å². The van der Waals surface area contributed by atoms with E-state index in [1.807, 2.05) is 0 Å². The summed E-state index contributed by atoms with van der Waals surface area (Å²) in [6.45, 7) is 7.32. The van der Waals surface area contributed by atoms with E-state index >= 15 is 0 Å². The largest absolute Gasteiger partial charge is 0.341 e. The third-order valence-corrected chi connectivity index (χ3v) is 1.69. The van der Waals surface area contributed by atoms with Crippen LogP contribution in [0.1, 0.15) is 0 Å². The fourth-order valence-electron chi connectivity index (χ4n) is 0.958. The second kappa shape index (κ2) is 4.27. The first-order valence-corrected chi connectivity index (χ1v) is 4.03. The van der Waals surface area contributed by atoms with Gasteiger partial charge in [-0.2, -0.15) is 5.10 Å². The normalized spacial score (nSPS) is 11.8. The summed E-state index contributed by atoms with van der Waals surface area (Å²) < 4.78 is 0. The molecule has 0 aromatic carbocycles. The van der Waals surface area contributed by atoms with Crippen molar-refractivity contribution < 1.29 is 4.79 Å². The van der Waals surface area contributed by atoms with Gasteiger partial charge in [0.15, 0.2) is 0 Å². The minimum absolute atomic E-state index is 0.305. The smallest absolute Gasteiger partial charge is 0.318 e. The minimum atomic E-state index is -0.305. The van der Waals surface area contributed by atoms with Gasteiger partial charge in [0.25, 0.3) is 0 Å². The number of carbonyl (C=O) groups excluding carboxylic acids is 1. The van der Waals surface area contributed by atoms with E-state index in [9.17, 15) is 4.79 Å². The molecule has 0 aliphatic rings. The zero-order valence-corrected chi connectivity index (χ0v) is 7.92. The van der Waals surface area contributed by atoms with Gasteiger partial charge >= 0.3 is 6.03 Å². The van der Waals surface area contributed by atoms with Gasteiger partial charge in [-0.25, -0.2) is 4.79 Å². The Hall–Kier alpha value is -2.04. The van der Waals surface area contributed by atoms with Crippen LogP contribution in [0, 0.1) is 0 Å². The van der Waals surface area contributed by atoms with E-state index < -0.39 is 0 Å². The molecule has 2 amide bonds. The molecule has 0 fully saturated rings. The second-order valence-electron chi connectivity index (χ2n) is 2.58. The fourth-order valence-corrected chi connectivity index (χ4v) is 0.958. The third kappa shape index (κ3) is 2.01. The highest BCUT2D eigenvalue weighted by atomic mass is 16.2. The van der Waals surface area contributed by atoms with E-state index in [0.717, 1.165) is 5.22 Å². The van der Waals surface area contributed by atoms with Crippen LogP contribution in [0.4, 0.5) is 4.79 Å². The first-order chi connectivity index (χ1) is 6.69. The first kappa shape index (κ1) is 10.0. The molecule has 0 atom stereocenters. The molecule has 1 heterocycles. The molecule has 0 radical (unpaired) electrons. The molecule has 0 saturated carbocycles. The Bertz CT molecular complexity index is 446. The summed E-state index contributed by atoms with van der Waals surface area (Å²) in [7, 11) is 1.54. The molecule has 0 unspecified atom stereocenters. The molecule has 0 bridgehead atoms. The maximum absolute atomic E-state index is 11.0. The Morgan fingerprint density at radius 2 is 2.43 bits per heavy atom. The Morgan fingerprint density at radius 1 is 1.71 bits per heavy atom. The molecule has 0 saturated heterocycles. The molecule has 1 aromatic heterocycles. The fraction of sp³-hybridized carbons (Fsp3) is 0.111. The average Bonchev–Trinajstić information content (AvgIpc) is 2.60. The summed E-state index contributed by atoms with van der Waals surface area (Å²) in [5.41, 5.74) is 0.572. The van der Waals surface area contributed by atoms with Gasteiger partial charge in [0.2, 0.25) is 0 Å². The molecular formula is C9H12N4O. The molecule has 74 valence electrons. The number of amides is 2. The van der Waals surface area contributed by atoms with Crippen molar-refractivity contribution in [2.75, 3.05) is 7.05 Å². The van der Waals surface area contributed by atoms with Gasteiger partial charge in [-0.3, -0.25) is 5.10 Å². The average molecular weight is 192 g/mol. The maximum Gasteiger partial charge on any atom is 0.318 e. The van der Waals surface area contributed by atoms with Crippen LogP contribution in [0.15, 0.2) is 18.9 Å². The second-order valence-corrected chi connectivity index (χ2v) is 2.58. The molecule has 0 aliphatic heterocycles. The molecule has 5 heteroatoms. The molecule has 3 N–H and O–H groups in total. The van der Waals surface area contributed by atoms with Gasteiger partial charge in [-0.15, -0.1) is 0 Å². The number of hydrogen-bond donors (Lipinski definition) is 3. The summed E-state index contributed by atoms with van der Waals surface area (Å²) in [4.78, 5) is 11.0. The Labute approximate surface area is 81.2 Å². The lowest BCUT2D eigenvalue weighted by Gasteiger charge is -2.03. The van der Waals surface area contributed by atoms with Crippen molar-refractivity contribution in [3.8, 4) is 0 Å². The van der Waals surface area contributed by atoms with Crippen molar-refractivity contribution in [2.45, 2.75) is 0 Å². The van der Waals surface area contributed by atoms with E-state index in [4.69, 9.17) is 0 Å². The van der Waals surface area contributed by atoms with Gasteiger partial charge in [0, 0.05) is 12.3 Å². The zero-order valence-electron chi connectivity index (χ0n) is 7.92. The number of H-pyrrole nitrogens is 1. The highest BCUT2D eigenvalue weighted by Gasteiger charge is 2.00. The van der Waals surface area contributed by atoms with Crippen LogP contribution in [0.2, 0.25) is 0 Å². The number of carbonyl (C=O) groups is 1. The number of rotatable bonds is 2. The minimum Gasteiger partial charge on any atom is -0.341 e. The SMILES string of the molecule is C=C/C(NC(=O)NC)=c1/cn[nH]c1=C. The van der Waals surface area contributed by atoms with Gasteiger partial charge in [0.05, 0.1) is 17.2 Å². The van der Waals surface area contributed by atoms with Crippen LogP contribution in [0.3, 0.4) is 0 Å². The number of nitrogens with one attached hydrogen (secondary N) is 3. The molecular weight excluding hydrogens is 180 g/mol. The quantitative estimate of drug-likeness (QED) is 0.565. The van der Waals surface area contributed by atoms with Gasteiger partial charge in [-0.1, -0.05) is 13.2 Å². The van der Waals surface area contributed by atoms with Crippen molar-refractivity contribution in [3.05, 3.63) is 29.4 Å². The summed E-state index contributed by atoms with van der Waals surface area (Å²) in [6, 6.07) is -0.305. The van der Waals surface area contributed by atoms with Crippen LogP contribution in [-0.2, 0) is 0 Å². The predicted molar refractivity (Wildman–Crippen MR) is 54.6 cm³/mol. The molecule has 1 rings (SSSR count). The highest BCUT2D eigenvalue weighted by Crippen LogP contribution is 1.85. The summed E-state index contributed by atoms with van der Waals surface area (Å²) >= 11 is 0. The number of aromatic nitrogens is 2. The van der Waals surface area contributed by atoms with Crippen molar-refractivity contribution in [3.63, 3.8) is 0 Å². The lowest BCUT2D eigenvalue weighted by atomic mass is 10.3. The van der Waals surface area contributed by atoms with Crippen LogP contribution in [-0.4, -0.2) is 23.3 Å². The predicted octanol–water partition coefficient (Wildman–Crippen LogP) is -0.957. The Kier molecular flexibility index (Phi) is 3.06. The van der Waals surface area contributed by atoms with E-state index in [-0.39, 0.29) is 6.03 Å². The van der Waals surface area contributed by atoms with Crippen molar-refractivity contribution in [1.29, 1.82) is 0 Å². The topological polar surface area (TPSA) is 69.8 Å². The van der Waals surface area contributed by atoms with Crippen molar-refractivity contribution in [2.24, 2.45) is 0 Å². The zero-order chi connectivity index (χ0) is 10.6. The standard InChI is InChI=1S/C9H12N4O/c1-4-8(12-9(14)10-3)7-5-11-13-6(7)2/h4-5,13H,1-2H2,3H3,(H2,10,12,14)/b8-7+. The molecule has 0 spiro atoms. The number of nitrogens with zero attached hydrogens (tertiary/aromatic N) is 1. The number of hydrogen-bond acceptors (Lipinski definition) is 2. The van der Waals surface area contributed by atoms with Gasteiger partial charge < -0.3 is 10.6 Å². The first-order valence-electron chi connectivity index (χ1n) is 4.03. The summed E-state index contributed by atoms with van der Waals surface area (Å²) in [5, 5.41) is 12.9. The lowest BCUT2D eigenvalue weighted by molar-refractivity contribution is 0.246. The molecule has 5 nitrogen and oxygen atoms in total. The van der Waals surface area contributed by atoms with Crippen LogP contribution in [0.25, 0.3) is 12.3 Å². The Balaban J connectivity index is 3.16. The van der Waals surface area contributed by atoms with E-state index in [1.165, 1.54) is 13.1 Å². The van der Waals surface area contributed by atoms with Gasteiger partial charge in [0.1, 0.15) is 0 Å². The Morgan fingerprint density at radius 3 is 2.86 bits per heavy atom. The maximum atomic E-state index is 11.0. The number of aromatic amines is 1. The monoisotopic (exact) mass is 192 g/mol. The number of urea groups is 1. The lowest BCUT2D eigenvalue weighted by Crippen LogP contribution is -2.36. The summed E-state index contributed by atoms with van der Waals surface area (Å²) in [6.07, 6.45) is 3.12. The van der Waals surface area contributed by atoms with E-state index in [1.54, 1.807) is 6.20 Å². The van der Waals surface area contributed by atoms with Crippen LogP contribution < -0.4 is 21.2 Å². The molecule has 1 aromatic rings. The molecule has 0 aliphatic carbocycles. The van der Waals surface area contributed by atoms with Crippen LogP contribution in [0.5, 0.6) is 0 Å². The summed E-state index contributed by atoms with van der Waals surface area (Å²) in [5.74, 6) is 0. The van der Waals surface area contributed by atoms with Crippen LogP contribution >= 0.6 is 0 Å². The van der Waals surface area contributed by atoms with Gasteiger partial charge in [-0.05, 0) is 6.08 Å². The third-order valence-electron chi connectivity index (χ3n) is 1.69.